The normalized spacial score (nSPS) is 26.5. The van der Waals surface area contributed by atoms with Crippen molar-refractivity contribution in [3.8, 4) is 0 Å². The maximum absolute atomic E-state index is 14.5. The predicted molar refractivity (Wildman–Crippen MR) is 150 cm³/mol. The topological polar surface area (TPSA) is 89.1 Å². The molecule has 5 atom stereocenters. The van der Waals surface area contributed by atoms with Crippen LogP contribution in [0.15, 0.2) is 51.5 Å². The summed E-state index contributed by atoms with van der Waals surface area (Å²) in [5, 5.41) is -0.276. The number of rotatable bonds is 6. The highest BCUT2D eigenvalue weighted by Crippen LogP contribution is 2.58. The number of fused-ring (bicyclic) bond motifs is 1. The standard InChI is InChI=1S/C29H34ClF2N5/c1-5-18-7-6-15(2)24(10-18)37-29(36-17(4)34)19-11-22-16(3)26(22)25(12-19)35-14-20(13-33)21-8-9-23(30)28(32)27(21)31/h6-10,13-14,16,19,22,25-26H,5,11-12,33H2,1-4H3,(H2,34,36,37)/b20-13+,35-14?. The third kappa shape index (κ3) is 5.77. The maximum atomic E-state index is 14.5. The number of aliphatic imine (C=N–C) groups is 3. The lowest BCUT2D eigenvalue weighted by molar-refractivity contribution is 0.371. The van der Waals surface area contributed by atoms with E-state index in [4.69, 9.17) is 33.1 Å². The van der Waals surface area contributed by atoms with Crippen molar-refractivity contribution in [1.82, 2.24) is 0 Å². The summed E-state index contributed by atoms with van der Waals surface area (Å²) in [6.45, 7) is 8.16. The number of aryl methyl sites for hydroxylation is 2. The molecule has 2 aliphatic carbocycles. The second-order valence-electron chi connectivity index (χ2n) is 10.2. The molecule has 0 radical (unpaired) electrons. The zero-order valence-corrected chi connectivity index (χ0v) is 22.4. The Morgan fingerprint density at radius 2 is 1.92 bits per heavy atom. The molecule has 0 amide bonds. The highest BCUT2D eigenvalue weighted by molar-refractivity contribution is 6.30. The van der Waals surface area contributed by atoms with Crippen molar-refractivity contribution in [2.75, 3.05) is 0 Å². The second kappa shape index (κ2) is 11.1. The largest absolute Gasteiger partial charge is 0.404 e. The molecule has 4 N–H and O–H groups in total. The van der Waals surface area contributed by atoms with Gasteiger partial charge >= 0.3 is 0 Å². The van der Waals surface area contributed by atoms with Crippen molar-refractivity contribution in [1.29, 1.82) is 0 Å². The monoisotopic (exact) mass is 525 g/mol. The van der Waals surface area contributed by atoms with Crippen LogP contribution >= 0.6 is 11.6 Å². The minimum Gasteiger partial charge on any atom is -0.404 e. The average molecular weight is 526 g/mol. The molecule has 0 saturated heterocycles. The van der Waals surface area contributed by atoms with Gasteiger partial charge in [0.05, 0.1) is 22.6 Å². The van der Waals surface area contributed by atoms with Gasteiger partial charge in [-0.25, -0.2) is 18.8 Å². The van der Waals surface area contributed by atoms with Crippen LogP contribution in [0.1, 0.15) is 50.3 Å². The van der Waals surface area contributed by atoms with E-state index in [1.165, 1.54) is 23.9 Å². The van der Waals surface area contributed by atoms with Gasteiger partial charge in [0.25, 0.3) is 0 Å². The summed E-state index contributed by atoms with van der Waals surface area (Å²) in [7, 11) is 0. The Kier molecular flexibility index (Phi) is 8.12. The van der Waals surface area contributed by atoms with Gasteiger partial charge in [-0.15, -0.1) is 0 Å². The number of nitrogens with zero attached hydrogens (tertiary/aromatic N) is 3. The van der Waals surface area contributed by atoms with Gasteiger partial charge in [0.15, 0.2) is 11.6 Å². The molecule has 4 rings (SSSR count). The van der Waals surface area contributed by atoms with Gasteiger partial charge in [0.1, 0.15) is 5.84 Å². The molecule has 2 aromatic rings. The molecular weight excluding hydrogens is 492 g/mol. The Morgan fingerprint density at radius 3 is 2.59 bits per heavy atom. The quantitative estimate of drug-likeness (QED) is 0.252. The number of amidine groups is 2. The molecule has 5 nitrogen and oxygen atoms in total. The first-order chi connectivity index (χ1) is 17.6. The molecule has 2 saturated carbocycles. The summed E-state index contributed by atoms with van der Waals surface area (Å²) < 4.78 is 28.6. The summed E-state index contributed by atoms with van der Waals surface area (Å²) in [6, 6.07) is 9.01. The third-order valence-corrected chi connectivity index (χ3v) is 7.96. The molecule has 2 aromatic carbocycles. The van der Waals surface area contributed by atoms with Gasteiger partial charge in [-0.3, -0.25) is 4.99 Å². The van der Waals surface area contributed by atoms with Crippen LogP contribution in [0, 0.1) is 42.2 Å². The molecule has 196 valence electrons. The highest BCUT2D eigenvalue weighted by Gasteiger charge is 2.55. The van der Waals surface area contributed by atoms with Crippen LogP contribution in [0.5, 0.6) is 0 Å². The molecule has 0 aliphatic heterocycles. The van der Waals surface area contributed by atoms with Crippen molar-refractivity contribution < 1.29 is 8.78 Å². The van der Waals surface area contributed by atoms with E-state index in [1.54, 1.807) is 13.1 Å². The van der Waals surface area contributed by atoms with Crippen molar-refractivity contribution in [2.24, 2.45) is 50.1 Å². The van der Waals surface area contributed by atoms with Crippen LogP contribution in [-0.2, 0) is 6.42 Å². The number of benzene rings is 2. The van der Waals surface area contributed by atoms with Crippen molar-refractivity contribution in [3.05, 3.63) is 69.9 Å². The lowest BCUT2D eigenvalue weighted by atomic mass is 9.85. The summed E-state index contributed by atoms with van der Waals surface area (Å²) in [4.78, 5) is 14.5. The zero-order valence-electron chi connectivity index (χ0n) is 21.7. The summed E-state index contributed by atoms with van der Waals surface area (Å²) in [6.07, 6.45) is 5.41. The molecule has 0 bridgehead atoms. The van der Waals surface area contributed by atoms with Crippen LogP contribution in [-0.4, -0.2) is 23.9 Å². The molecule has 2 fully saturated rings. The number of halogens is 3. The fourth-order valence-electron chi connectivity index (χ4n) is 5.47. The molecule has 2 aliphatic rings. The van der Waals surface area contributed by atoms with E-state index in [0.29, 0.717) is 29.2 Å². The number of hydrogen-bond acceptors (Lipinski definition) is 3. The molecule has 0 heterocycles. The van der Waals surface area contributed by atoms with E-state index < -0.39 is 11.6 Å². The van der Waals surface area contributed by atoms with Gasteiger partial charge in [-0.05, 0) is 80.2 Å². The van der Waals surface area contributed by atoms with Crippen LogP contribution in [0.2, 0.25) is 5.02 Å². The lowest BCUT2D eigenvalue weighted by Gasteiger charge is -2.26. The van der Waals surface area contributed by atoms with Crippen molar-refractivity contribution >= 4 is 40.7 Å². The molecule has 37 heavy (non-hydrogen) atoms. The number of hydrogen-bond donors (Lipinski definition) is 2. The van der Waals surface area contributed by atoms with Crippen LogP contribution in [0.25, 0.3) is 5.57 Å². The SMILES string of the molecule is CCc1ccc(C)c(N=C(N=C(C)N)C2CC(N=C/C(=C\N)c3ccc(Cl)c(F)c3F)C3C(C)C3C2)c1. The first kappa shape index (κ1) is 27.0. The maximum Gasteiger partial charge on any atom is 0.178 e. The Bertz CT molecular complexity index is 1300. The Morgan fingerprint density at radius 1 is 1.16 bits per heavy atom. The summed E-state index contributed by atoms with van der Waals surface area (Å²) in [5.41, 5.74) is 15.3. The molecule has 0 spiro atoms. The summed E-state index contributed by atoms with van der Waals surface area (Å²) >= 11 is 5.71. The molecule has 0 aromatic heterocycles. The lowest BCUT2D eigenvalue weighted by Crippen LogP contribution is -2.27. The Balaban J connectivity index is 1.64. The van der Waals surface area contributed by atoms with Gasteiger partial charge in [-0.2, -0.15) is 0 Å². The van der Waals surface area contributed by atoms with Gasteiger partial charge < -0.3 is 11.5 Å². The van der Waals surface area contributed by atoms with Gasteiger partial charge in [0.2, 0.25) is 0 Å². The minimum absolute atomic E-state index is 0.0181. The number of allylic oxidation sites excluding steroid dienone is 1. The van der Waals surface area contributed by atoms with E-state index >= 15 is 0 Å². The predicted octanol–water partition coefficient (Wildman–Crippen LogP) is 6.63. The van der Waals surface area contributed by atoms with E-state index in [1.807, 2.05) is 6.92 Å². The van der Waals surface area contributed by atoms with Crippen LogP contribution in [0.3, 0.4) is 0 Å². The first-order valence-corrected chi connectivity index (χ1v) is 13.1. The molecule has 5 unspecified atom stereocenters. The minimum atomic E-state index is -1.10. The van der Waals surface area contributed by atoms with Gasteiger partial charge in [-0.1, -0.05) is 37.6 Å². The van der Waals surface area contributed by atoms with E-state index in [9.17, 15) is 8.78 Å². The zero-order chi connectivity index (χ0) is 26.9. The van der Waals surface area contributed by atoms with Crippen LogP contribution < -0.4 is 11.5 Å². The highest BCUT2D eigenvalue weighted by atomic mass is 35.5. The third-order valence-electron chi connectivity index (χ3n) is 7.67. The average Bonchev–Trinajstić information content (AvgIpc) is 3.54. The van der Waals surface area contributed by atoms with E-state index in [0.717, 1.165) is 36.3 Å². The van der Waals surface area contributed by atoms with Crippen molar-refractivity contribution in [3.63, 3.8) is 0 Å². The van der Waals surface area contributed by atoms with Crippen molar-refractivity contribution in [2.45, 2.75) is 53.0 Å². The molecular formula is C29H34ClF2N5. The van der Waals surface area contributed by atoms with E-state index in [2.05, 4.69) is 37.0 Å². The Labute approximate surface area is 222 Å². The molecule has 8 heteroatoms. The first-order valence-electron chi connectivity index (χ1n) is 12.7. The fraction of sp³-hybridized carbons (Fsp3) is 0.414. The second-order valence-corrected chi connectivity index (χ2v) is 10.6. The number of nitrogens with two attached hydrogens (primary N) is 2. The van der Waals surface area contributed by atoms with Gasteiger partial charge in [0, 0.05) is 29.5 Å². The fourth-order valence-corrected chi connectivity index (χ4v) is 5.61. The van der Waals surface area contributed by atoms with E-state index in [-0.39, 0.29) is 22.5 Å². The van der Waals surface area contributed by atoms with Crippen LogP contribution in [0.4, 0.5) is 14.5 Å². The Hall–Kier alpha value is -3.06. The summed E-state index contributed by atoms with van der Waals surface area (Å²) in [5.74, 6) is 0.547. The smallest absolute Gasteiger partial charge is 0.178 e.